The van der Waals surface area contributed by atoms with Gasteiger partial charge in [-0.25, -0.2) is 9.97 Å². The van der Waals surface area contributed by atoms with Crippen molar-refractivity contribution in [3.63, 3.8) is 0 Å². The van der Waals surface area contributed by atoms with Crippen LogP contribution in [0.2, 0.25) is 0 Å². The molecule has 3 aromatic heterocycles. The third kappa shape index (κ3) is 3.94. The van der Waals surface area contributed by atoms with Gasteiger partial charge in [0, 0.05) is 38.4 Å². The maximum atomic E-state index is 9.67. The molecule has 0 unspecified atom stereocenters. The summed E-state index contributed by atoms with van der Waals surface area (Å²) in [5.74, 6) is 0.572. The van der Waals surface area contributed by atoms with Crippen LogP contribution >= 0.6 is 0 Å². The van der Waals surface area contributed by atoms with Gasteiger partial charge in [-0.1, -0.05) is 109 Å². The molecule has 0 saturated heterocycles. The summed E-state index contributed by atoms with van der Waals surface area (Å²) in [4.78, 5) is 10.5. The van der Waals surface area contributed by atoms with Gasteiger partial charge in [-0.2, -0.15) is 5.26 Å². The summed E-state index contributed by atoms with van der Waals surface area (Å²) in [5.41, 5.74) is 9.40. The Morgan fingerprint density at radius 1 is 0.457 bits per heavy atom. The molecule has 0 aliphatic rings. The molecule has 5 nitrogen and oxygen atoms in total. The fraction of sp³-hybridized carbons (Fsp3) is 0. The number of nitriles is 1. The fourth-order valence-electron chi connectivity index (χ4n) is 6.74. The first-order chi connectivity index (χ1) is 22.8. The van der Waals surface area contributed by atoms with Crippen LogP contribution in [0.1, 0.15) is 5.56 Å². The van der Waals surface area contributed by atoms with Crippen LogP contribution < -0.4 is 0 Å². The second kappa shape index (κ2) is 10.3. The molecule has 0 radical (unpaired) electrons. The van der Waals surface area contributed by atoms with Crippen molar-refractivity contribution in [3.8, 4) is 40.2 Å². The van der Waals surface area contributed by atoms with Gasteiger partial charge in [-0.05, 0) is 42.5 Å². The number of nitrogens with zero attached hydrogens (tertiary/aromatic N) is 5. The Morgan fingerprint density at radius 3 is 1.67 bits per heavy atom. The zero-order valence-electron chi connectivity index (χ0n) is 24.7. The summed E-state index contributed by atoms with van der Waals surface area (Å²) in [6.45, 7) is 0. The van der Waals surface area contributed by atoms with E-state index in [0.29, 0.717) is 11.5 Å². The lowest BCUT2D eigenvalue weighted by Crippen LogP contribution is -2.05. The number of para-hydroxylation sites is 3. The number of rotatable bonds is 4. The first kappa shape index (κ1) is 25.9. The van der Waals surface area contributed by atoms with Gasteiger partial charge in [0.2, 0.25) is 5.95 Å². The molecule has 9 aromatic rings. The Hall–Kier alpha value is -6.51. The maximum Gasteiger partial charge on any atom is 0.235 e. The predicted molar refractivity (Wildman–Crippen MR) is 186 cm³/mol. The van der Waals surface area contributed by atoms with Gasteiger partial charge in [0.1, 0.15) is 0 Å². The van der Waals surface area contributed by atoms with Crippen LogP contribution in [0.3, 0.4) is 0 Å². The maximum absolute atomic E-state index is 9.67. The van der Waals surface area contributed by atoms with Crippen molar-refractivity contribution in [2.45, 2.75) is 0 Å². The molecule has 3 heterocycles. The minimum Gasteiger partial charge on any atom is -0.307 e. The third-order valence-corrected chi connectivity index (χ3v) is 8.75. The number of hydrogen-bond acceptors (Lipinski definition) is 3. The molecule has 0 spiro atoms. The second-order valence-corrected chi connectivity index (χ2v) is 11.4. The molecule has 0 bridgehead atoms. The van der Waals surface area contributed by atoms with E-state index in [0.717, 1.165) is 66.4 Å². The molecule has 0 amide bonds. The van der Waals surface area contributed by atoms with Gasteiger partial charge in [-0.15, -0.1) is 0 Å². The van der Waals surface area contributed by atoms with Crippen LogP contribution in [-0.4, -0.2) is 19.1 Å². The summed E-state index contributed by atoms with van der Waals surface area (Å²) in [6.07, 6.45) is 0. The molecule has 46 heavy (non-hydrogen) atoms. The van der Waals surface area contributed by atoms with E-state index in [9.17, 15) is 5.26 Å². The fourth-order valence-corrected chi connectivity index (χ4v) is 6.74. The molecule has 0 N–H and O–H groups in total. The number of benzene rings is 6. The highest BCUT2D eigenvalue weighted by Crippen LogP contribution is 2.41. The van der Waals surface area contributed by atoms with Crippen molar-refractivity contribution >= 4 is 43.6 Å². The van der Waals surface area contributed by atoms with E-state index in [1.54, 1.807) is 0 Å². The third-order valence-electron chi connectivity index (χ3n) is 8.75. The van der Waals surface area contributed by atoms with Crippen molar-refractivity contribution in [2.24, 2.45) is 0 Å². The van der Waals surface area contributed by atoms with E-state index in [1.807, 2.05) is 48.5 Å². The van der Waals surface area contributed by atoms with Crippen LogP contribution in [0.15, 0.2) is 152 Å². The lowest BCUT2D eigenvalue weighted by Gasteiger charge is -2.14. The van der Waals surface area contributed by atoms with Gasteiger partial charge in [0.15, 0.2) is 0 Å². The number of aromatic nitrogens is 4. The monoisotopic (exact) mass is 587 g/mol. The SMILES string of the molecule is N#Cc1cccc(-c2cc(-c3ccccc3)nc(-n3c4ccccc4c4ccc5c6ccccc6n(-c6ccccc6)c5c43)n2)c1. The van der Waals surface area contributed by atoms with E-state index in [1.165, 1.54) is 5.39 Å². The lowest BCUT2D eigenvalue weighted by molar-refractivity contribution is 0.995. The van der Waals surface area contributed by atoms with Crippen molar-refractivity contribution in [1.82, 2.24) is 19.1 Å². The highest BCUT2D eigenvalue weighted by atomic mass is 15.2. The highest BCUT2D eigenvalue weighted by molar-refractivity contribution is 6.23. The topological polar surface area (TPSA) is 59.4 Å². The molecule has 6 aromatic carbocycles. The number of fused-ring (bicyclic) bond motifs is 7. The largest absolute Gasteiger partial charge is 0.307 e. The van der Waals surface area contributed by atoms with Gasteiger partial charge >= 0.3 is 0 Å². The highest BCUT2D eigenvalue weighted by Gasteiger charge is 2.23. The number of hydrogen-bond donors (Lipinski definition) is 0. The average Bonchev–Trinajstić information content (AvgIpc) is 3.65. The molecule has 0 saturated carbocycles. The summed E-state index contributed by atoms with van der Waals surface area (Å²) < 4.78 is 4.58. The molecule has 0 aliphatic carbocycles. The van der Waals surface area contributed by atoms with Crippen LogP contribution in [0.4, 0.5) is 0 Å². The normalized spacial score (nSPS) is 11.5. The summed E-state index contributed by atoms with van der Waals surface area (Å²) in [5, 5.41) is 14.3. The summed E-state index contributed by atoms with van der Waals surface area (Å²) in [6, 6.07) is 54.2. The minimum absolute atomic E-state index is 0.572. The van der Waals surface area contributed by atoms with Gasteiger partial charge < -0.3 is 4.57 Å². The Morgan fingerprint density at radius 2 is 1.00 bits per heavy atom. The van der Waals surface area contributed by atoms with Crippen molar-refractivity contribution < 1.29 is 0 Å². The molecule has 0 aliphatic heterocycles. The van der Waals surface area contributed by atoms with Crippen LogP contribution in [0, 0.1) is 11.3 Å². The molecule has 214 valence electrons. The minimum atomic E-state index is 0.572. The zero-order chi connectivity index (χ0) is 30.6. The van der Waals surface area contributed by atoms with Crippen LogP contribution in [0.5, 0.6) is 0 Å². The molecular weight excluding hydrogens is 562 g/mol. The van der Waals surface area contributed by atoms with Crippen molar-refractivity contribution in [2.75, 3.05) is 0 Å². The average molecular weight is 588 g/mol. The zero-order valence-corrected chi connectivity index (χ0v) is 24.7. The first-order valence-electron chi connectivity index (χ1n) is 15.2. The molecule has 0 atom stereocenters. The Kier molecular flexibility index (Phi) is 5.81. The Balaban J connectivity index is 1.46. The van der Waals surface area contributed by atoms with Crippen LogP contribution in [-0.2, 0) is 0 Å². The van der Waals surface area contributed by atoms with Gasteiger partial charge in [-0.3, -0.25) is 4.57 Å². The molecular formula is C41H25N5. The summed E-state index contributed by atoms with van der Waals surface area (Å²) in [7, 11) is 0. The standard InChI is InChI=1S/C41H25N5/c42-26-27-12-11-15-29(24-27)36-25-35(28-13-3-1-4-14-28)43-41(44-36)46-38-21-10-8-19-32(38)34-23-22-33-31-18-7-9-20-37(31)45(39(33)40(34)46)30-16-5-2-6-17-30/h1-25H. The summed E-state index contributed by atoms with van der Waals surface area (Å²) >= 11 is 0. The lowest BCUT2D eigenvalue weighted by atomic mass is 10.1. The van der Waals surface area contributed by atoms with Gasteiger partial charge in [0.25, 0.3) is 0 Å². The van der Waals surface area contributed by atoms with Crippen molar-refractivity contribution in [3.05, 3.63) is 157 Å². The van der Waals surface area contributed by atoms with E-state index in [-0.39, 0.29) is 0 Å². The Bertz CT molecular complexity index is 2640. The van der Waals surface area contributed by atoms with E-state index < -0.39 is 0 Å². The van der Waals surface area contributed by atoms with E-state index >= 15 is 0 Å². The molecule has 9 rings (SSSR count). The van der Waals surface area contributed by atoms with Gasteiger partial charge in [0.05, 0.1) is 45.1 Å². The predicted octanol–water partition coefficient (Wildman–Crippen LogP) is 9.88. The van der Waals surface area contributed by atoms with E-state index in [2.05, 4.69) is 118 Å². The second-order valence-electron chi connectivity index (χ2n) is 11.4. The van der Waals surface area contributed by atoms with Crippen molar-refractivity contribution in [1.29, 1.82) is 5.26 Å². The smallest absolute Gasteiger partial charge is 0.235 e. The quantitative estimate of drug-likeness (QED) is 0.206. The molecule has 0 fully saturated rings. The van der Waals surface area contributed by atoms with E-state index in [4.69, 9.17) is 9.97 Å². The van der Waals surface area contributed by atoms with Crippen LogP contribution in [0.25, 0.3) is 77.8 Å². The molecule has 5 heteroatoms. The Labute approximate surface area is 264 Å². The first-order valence-corrected chi connectivity index (χ1v) is 15.2.